The summed E-state index contributed by atoms with van der Waals surface area (Å²) >= 11 is 0. The van der Waals surface area contributed by atoms with E-state index in [2.05, 4.69) is 5.32 Å². The van der Waals surface area contributed by atoms with Crippen molar-refractivity contribution in [2.75, 3.05) is 0 Å². The molecule has 22 heavy (non-hydrogen) atoms. The van der Waals surface area contributed by atoms with Gasteiger partial charge in [-0.1, -0.05) is 36.4 Å². The van der Waals surface area contributed by atoms with Crippen LogP contribution in [0.5, 0.6) is 5.75 Å². The van der Waals surface area contributed by atoms with E-state index >= 15 is 0 Å². The number of carbonyl (C=O) groups excluding carboxylic acids is 1. The molecule has 0 spiro atoms. The van der Waals surface area contributed by atoms with Crippen molar-refractivity contribution in [2.24, 2.45) is 0 Å². The van der Waals surface area contributed by atoms with Gasteiger partial charge in [0.2, 0.25) is 5.91 Å². The molecule has 2 rings (SSSR count). The second-order valence-electron chi connectivity index (χ2n) is 5.69. The fraction of sp³-hybridized carbons (Fsp3) is 0.316. The van der Waals surface area contributed by atoms with Gasteiger partial charge in [0.25, 0.3) is 0 Å². The van der Waals surface area contributed by atoms with Crippen LogP contribution in [0, 0.1) is 6.92 Å². The Kier molecular flexibility index (Phi) is 5.59. The quantitative estimate of drug-likeness (QED) is 0.884. The molecular weight excluding hydrogens is 274 g/mol. The van der Waals surface area contributed by atoms with Gasteiger partial charge in [0.1, 0.15) is 5.75 Å². The van der Waals surface area contributed by atoms with Gasteiger partial charge in [0, 0.05) is 6.54 Å². The molecule has 1 N–H and O–H groups in total. The van der Waals surface area contributed by atoms with E-state index in [-0.39, 0.29) is 12.0 Å². The molecule has 116 valence electrons. The number of ether oxygens (including phenoxy) is 1. The normalized spacial score (nSPS) is 10.5. The zero-order valence-corrected chi connectivity index (χ0v) is 13.4. The summed E-state index contributed by atoms with van der Waals surface area (Å²) in [5.41, 5.74) is 3.28. The number of amides is 1. The highest BCUT2D eigenvalue weighted by Gasteiger charge is 2.05. The SMILES string of the molecule is Cc1ccccc1CC(=O)NCc1ccc(OC(C)C)cc1. The average Bonchev–Trinajstić information content (AvgIpc) is 2.48. The summed E-state index contributed by atoms with van der Waals surface area (Å²) in [5.74, 6) is 0.891. The summed E-state index contributed by atoms with van der Waals surface area (Å²) in [6.45, 7) is 6.56. The van der Waals surface area contributed by atoms with Crippen molar-refractivity contribution in [1.29, 1.82) is 0 Å². The topological polar surface area (TPSA) is 38.3 Å². The zero-order chi connectivity index (χ0) is 15.9. The van der Waals surface area contributed by atoms with Gasteiger partial charge in [-0.25, -0.2) is 0 Å². The van der Waals surface area contributed by atoms with E-state index in [0.29, 0.717) is 13.0 Å². The fourth-order valence-corrected chi connectivity index (χ4v) is 2.20. The minimum Gasteiger partial charge on any atom is -0.491 e. The molecule has 0 aliphatic heterocycles. The van der Waals surface area contributed by atoms with E-state index in [0.717, 1.165) is 22.4 Å². The summed E-state index contributed by atoms with van der Waals surface area (Å²) in [7, 11) is 0. The Morgan fingerprint density at radius 1 is 1.09 bits per heavy atom. The summed E-state index contributed by atoms with van der Waals surface area (Å²) in [6, 6.07) is 15.8. The van der Waals surface area contributed by atoms with E-state index in [4.69, 9.17) is 4.74 Å². The van der Waals surface area contributed by atoms with E-state index in [1.807, 2.05) is 69.3 Å². The van der Waals surface area contributed by atoms with Gasteiger partial charge >= 0.3 is 0 Å². The molecule has 0 saturated carbocycles. The van der Waals surface area contributed by atoms with Gasteiger partial charge < -0.3 is 10.1 Å². The molecule has 0 saturated heterocycles. The summed E-state index contributed by atoms with van der Waals surface area (Å²) in [4.78, 5) is 12.0. The Morgan fingerprint density at radius 3 is 2.41 bits per heavy atom. The molecule has 0 heterocycles. The van der Waals surface area contributed by atoms with Crippen molar-refractivity contribution in [3.05, 3.63) is 65.2 Å². The first-order valence-corrected chi connectivity index (χ1v) is 7.61. The van der Waals surface area contributed by atoms with Crippen LogP contribution >= 0.6 is 0 Å². The number of aryl methyl sites for hydroxylation is 1. The minimum atomic E-state index is 0.0387. The van der Waals surface area contributed by atoms with E-state index in [1.54, 1.807) is 0 Å². The van der Waals surface area contributed by atoms with E-state index in [1.165, 1.54) is 0 Å². The lowest BCUT2D eigenvalue weighted by Gasteiger charge is -2.11. The number of hydrogen-bond donors (Lipinski definition) is 1. The summed E-state index contributed by atoms with van der Waals surface area (Å²) in [5, 5.41) is 2.96. The molecule has 2 aromatic carbocycles. The van der Waals surface area contributed by atoms with Crippen LogP contribution in [0.25, 0.3) is 0 Å². The first-order valence-electron chi connectivity index (χ1n) is 7.61. The molecular formula is C19H23NO2. The molecule has 3 heteroatoms. The van der Waals surface area contributed by atoms with Gasteiger partial charge in [-0.2, -0.15) is 0 Å². The summed E-state index contributed by atoms with van der Waals surface area (Å²) < 4.78 is 5.60. The van der Waals surface area contributed by atoms with Crippen molar-refractivity contribution < 1.29 is 9.53 Å². The monoisotopic (exact) mass is 297 g/mol. The van der Waals surface area contributed by atoms with Crippen molar-refractivity contribution in [1.82, 2.24) is 5.32 Å². The molecule has 0 aliphatic rings. The third-order valence-corrected chi connectivity index (χ3v) is 3.40. The van der Waals surface area contributed by atoms with E-state index < -0.39 is 0 Å². The number of carbonyl (C=O) groups is 1. The van der Waals surface area contributed by atoms with Gasteiger partial charge in [-0.15, -0.1) is 0 Å². The minimum absolute atomic E-state index is 0.0387. The Morgan fingerprint density at radius 2 is 1.77 bits per heavy atom. The van der Waals surface area contributed by atoms with Crippen molar-refractivity contribution in [2.45, 2.75) is 39.8 Å². The third-order valence-electron chi connectivity index (χ3n) is 3.40. The third kappa shape index (κ3) is 4.92. The van der Waals surface area contributed by atoms with Crippen LogP contribution in [0.1, 0.15) is 30.5 Å². The molecule has 0 radical (unpaired) electrons. The first-order chi connectivity index (χ1) is 10.5. The Balaban J connectivity index is 1.85. The number of rotatable bonds is 6. The predicted molar refractivity (Wildman–Crippen MR) is 88.9 cm³/mol. The maximum Gasteiger partial charge on any atom is 0.224 e. The Bertz CT molecular complexity index is 618. The van der Waals surface area contributed by atoms with Crippen LogP contribution in [0.3, 0.4) is 0 Å². The van der Waals surface area contributed by atoms with E-state index in [9.17, 15) is 4.79 Å². The molecule has 3 nitrogen and oxygen atoms in total. The maximum atomic E-state index is 12.0. The van der Waals surface area contributed by atoms with Crippen molar-refractivity contribution >= 4 is 5.91 Å². The molecule has 1 amide bonds. The number of benzene rings is 2. The van der Waals surface area contributed by atoms with Gasteiger partial charge in [0.05, 0.1) is 12.5 Å². The fourth-order valence-electron chi connectivity index (χ4n) is 2.20. The first kappa shape index (κ1) is 16.1. The Hall–Kier alpha value is -2.29. The molecule has 0 fully saturated rings. The molecule has 0 bridgehead atoms. The smallest absolute Gasteiger partial charge is 0.224 e. The molecule has 0 aromatic heterocycles. The van der Waals surface area contributed by atoms with Crippen LogP contribution in [0.2, 0.25) is 0 Å². The van der Waals surface area contributed by atoms with Crippen molar-refractivity contribution in [3.8, 4) is 5.75 Å². The average molecular weight is 297 g/mol. The number of hydrogen-bond acceptors (Lipinski definition) is 2. The van der Waals surface area contributed by atoms with Gasteiger partial charge in [-0.05, 0) is 49.6 Å². The van der Waals surface area contributed by atoms with Crippen LogP contribution in [0.15, 0.2) is 48.5 Å². The maximum absolute atomic E-state index is 12.0. The second kappa shape index (κ2) is 7.64. The van der Waals surface area contributed by atoms with Crippen LogP contribution in [-0.4, -0.2) is 12.0 Å². The number of nitrogens with one attached hydrogen (secondary N) is 1. The van der Waals surface area contributed by atoms with Crippen LogP contribution in [0.4, 0.5) is 0 Å². The molecule has 2 aromatic rings. The lowest BCUT2D eigenvalue weighted by Crippen LogP contribution is -2.24. The van der Waals surface area contributed by atoms with Crippen LogP contribution in [-0.2, 0) is 17.8 Å². The summed E-state index contributed by atoms with van der Waals surface area (Å²) in [6.07, 6.45) is 0.584. The lowest BCUT2D eigenvalue weighted by molar-refractivity contribution is -0.120. The highest BCUT2D eigenvalue weighted by atomic mass is 16.5. The zero-order valence-electron chi connectivity index (χ0n) is 13.4. The highest BCUT2D eigenvalue weighted by molar-refractivity contribution is 5.78. The molecule has 0 aliphatic carbocycles. The molecule has 0 unspecified atom stereocenters. The second-order valence-corrected chi connectivity index (χ2v) is 5.69. The van der Waals surface area contributed by atoms with Crippen LogP contribution < -0.4 is 10.1 Å². The Labute approximate surface area is 132 Å². The lowest BCUT2D eigenvalue weighted by atomic mass is 10.1. The van der Waals surface area contributed by atoms with Crippen molar-refractivity contribution in [3.63, 3.8) is 0 Å². The highest BCUT2D eigenvalue weighted by Crippen LogP contribution is 2.14. The van der Waals surface area contributed by atoms with Gasteiger partial charge in [0.15, 0.2) is 0 Å². The predicted octanol–water partition coefficient (Wildman–Crippen LogP) is 3.64. The van der Waals surface area contributed by atoms with Gasteiger partial charge in [-0.3, -0.25) is 4.79 Å². The standard InChI is InChI=1S/C19H23NO2/c1-14(2)22-18-10-8-16(9-11-18)13-20-19(21)12-17-7-5-4-6-15(17)3/h4-11,14H,12-13H2,1-3H3,(H,20,21). The molecule has 0 atom stereocenters. The largest absolute Gasteiger partial charge is 0.491 e.